The molecule has 1 heterocycles. The Kier molecular flexibility index (Phi) is 2.34. The summed E-state index contributed by atoms with van der Waals surface area (Å²) < 4.78 is 0. The van der Waals surface area contributed by atoms with Crippen molar-refractivity contribution in [1.29, 1.82) is 5.26 Å². The van der Waals surface area contributed by atoms with Crippen LogP contribution >= 0.6 is 0 Å². The fraction of sp³-hybridized carbons (Fsp3) is 0.125. The van der Waals surface area contributed by atoms with Crippen LogP contribution in [0.3, 0.4) is 0 Å². The van der Waals surface area contributed by atoms with Crippen molar-refractivity contribution in [3.8, 4) is 6.07 Å². The third kappa shape index (κ3) is 1.87. The van der Waals surface area contributed by atoms with Crippen LogP contribution in [0.1, 0.15) is 18.3 Å². The van der Waals surface area contributed by atoms with E-state index >= 15 is 0 Å². The van der Waals surface area contributed by atoms with Crippen molar-refractivity contribution in [2.24, 2.45) is 0 Å². The summed E-state index contributed by atoms with van der Waals surface area (Å²) in [7, 11) is 0. The zero-order valence-corrected chi connectivity index (χ0v) is 6.15. The van der Waals surface area contributed by atoms with Gasteiger partial charge in [0.1, 0.15) is 6.07 Å². The van der Waals surface area contributed by atoms with Gasteiger partial charge in [-0.1, -0.05) is 6.08 Å². The minimum Gasteiger partial charge on any atom is -0.252 e. The second kappa shape index (κ2) is 3.47. The first-order chi connectivity index (χ1) is 5.36. The molecule has 0 amide bonds. The fourth-order valence-electron chi connectivity index (χ4n) is 0.653. The van der Waals surface area contributed by atoms with E-state index in [9.17, 15) is 0 Å². The van der Waals surface area contributed by atoms with Gasteiger partial charge < -0.3 is 0 Å². The summed E-state index contributed by atoms with van der Waals surface area (Å²) in [4.78, 5) is 7.81. The summed E-state index contributed by atoms with van der Waals surface area (Å²) in [5, 5.41) is 8.39. The van der Waals surface area contributed by atoms with E-state index in [1.54, 1.807) is 6.20 Å². The van der Waals surface area contributed by atoms with Crippen LogP contribution in [0.25, 0.3) is 6.08 Å². The Morgan fingerprint density at radius 1 is 1.45 bits per heavy atom. The Labute approximate surface area is 65.0 Å². The monoisotopic (exact) mass is 145 g/mol. The zero-order valence-electron chi connectivity index (χ0n) is 6.15. The molecule has 3 heteroatoms. The molecule has 0 aliphatic heterocycles. The molecule has 0 saturated heterocycles. The van der Waals surface area contributed by atoms with Gasteiger partial charge in [-0.05, 0) is 13.0 Å². The van der Waals surface area contributed by atoms with Crippen molar-refractivity contribution in [2.45, 2.75) is 6.92 Å². The lowest BCUT2D eigenvalue weighted by Crippen LogP contribution is -1.86. The van der Waals surface area contributed by atoms with E-state index in [2.05, 4.69) is 9.97 Å². The second-order valence-corrected chi connectivity index (χ2v) is 1.94. The number of nitrogens with zero attached hydrogens (tertiary/aromatic N) is 3. The molecule has 1 aromatic rings. The van der Waals surface area contributed by atoms with Gasteiger partial charge in [-0.3, -0.25) is 4.98 Å². The van der Waals surface area contributed by atoms with Crippen LogP contribution in [0, 0.1) is 11.3 Å². The Hall–Kier alpha value is -1.69. The minimum absolute atomic E-state index is 0.346. The molecule has 0 fully saturated rings. The summed E-state index contributed by atoms with van der Waals surface area (Å²) in [6, 6.07) is 1.90. The lowest BCUT2D eigenvalue weighted by Gasteiger charge is -1.89. The van der Waals surface area contributed by atoms with Crippen LogP contribution in [0.5, 0.6) is 0 Å². The highest BCUT2D eigenvalue weighted by atomic mass is 14.8. The Bertz CT molecular complexity index is 292. The molecule has 0 aliphatic carbocycles. The molecule has 54 valence electrons. The number of aromatic nitrogens is 2. The van der Waals surface area contributed by atoms with E-state index in [4.69, 9.17) is 5.26 Å². The van der Waals surface area contributed by atoms with Gasteiger partial charge in [0.15, 0.2) is 5.69 Å². The molecule has 0 N–H and O–H groups in total. The molecule has 0 aliphatic rings. The predicted molar refractivity (Wildman–Crippen MR) is 41.5 cm³/mol. The highest BCUT2D eigenvalue weighted by molar-refractivity contribution is 5.42. The highest BCUT2D eigenvalue weighted by Crippen LogP contribution is 1.95. The quantitative estimate of drug-likeness (QED) is 0.599. The first kappa shape index (κ1) is 7.42. The molecule has 11 heavy (non-hydrogen) atoms. The van der Waals surface area contributed by atoms with Crippen molar-refractivity contribution in [2.75, 3.05) is 0 Å². The maximum atomic E-state index is 8.39. The normalized spacial score (nSPS) is 9.82. The van der Waals surface area contributed by atoms with Gasteiger partial charge in [-0.15, -0.1) is 0 Å². The Balaban J connectivity index is 2.94. The van der Waals surface area contributed by atoms with Crippen LogP contribution in [-0.2, 0) is 0 Å². The van der Waals surface area contributed by atoms with Gasteiger partial charge in [0, 0.05) is 0 Å². The van der Waals surface area contributed by atoms with E-state index < -0.39 is 0 Å². The number of hydrogen-bond donors (Lipinski definition) is 0. The molecule has 0 unspecified atom stereocenters. The van der Waals surface area contributed by atoms with E-state index in [0.29, 0.717) is 5.69 Å². The number of rotatable bonds is 1. The first-order valence-corrected chi connectivity index (χ1v) is 3.21. The van der Waals surface area contributed by atoms with Crippen LogP contribution < -0.4 is 0 Å². The lowest BCUT2D eigenvalue weighted by molar-refractivity contribution is 1.14. The average Bonchev–Trinajstić information content (AvgIpc) is 2.07. The number of hydrogen-bond acceptors (Lipinski definition) is 3. The average molecular weight is 145 g/mol. The van der Waals surface area contributed by atoms with Crippen LogP contribution in [0.15, 0.2) is 18.5 Å². The molecule has 1 rings (SSSR count). The predicted octanol–water partition coefficient (Wildman–Crippen LogP) is 1.38. The zero-order chi connectivity index (χ0) is 8.10. The van der Waals surface area contributed by atoms with Gasteiger partial charge in [-0.25, -0.2) is 4.98 Å². The summed E-state index contributed by atoms with van der Waals surface area (Å²) in [5.41, 5.74) is 1.12. The minimum atomic E-state index is 0.346. The molecule has 0 radical (unpaired) electrons. The van der Waals surface area contributed by atoms with Crippen molar-refractivity contribution in [3.63, 3.8) is 0 Å². The van der Waals surface area contributed by atoms with Gasteiger partial charge in [-0.2, -0.15) is 5.26 Å². The Morgan fingerprint density at radius 3 is 2.73 bits per heavy atom. The molecular weight excluding hydrogens is 138 g/mol. The molecule has 0 atom stereocenters. The third-order valence-corrected chi connectivity index (χ3v) is 1.12. The Morgan fingerprint density at radius 2 is 2.27 bits per heavy atom. The summed E-state index contributed by atoms with van der Waals surface area (Å²) >= 11 is 0. The van der Waals surface area contributed by atoms with E-state index in [1.165, 1.54) is 6.20 Å². The largest absolute Gasteiger partial charge is 0.252 e. The van der Waals surface area contributed by atoms with Crippen LogP contribution in [0.4, 0.5) is 0 Å². The second-order valence-electron chi connectivity index (χ2n) is 1.94. The van der Waals surface area contributed by atoms with Crippen LogP contribution in [-0.4, -0.2) is 9.97 Å². The smallest absolute Gasteiger partial charge is 0.158 e. The van der Waals surface area contributed by atoms with E-state index in [1.807, 2.05) is 25.1 Å². The summed E-state index contributed by atoms with van der Waals surface area (Å²) in [6.07, 6.45) is 6.72. The molecule has 3 nitrogen and oxygen atoms in total. The van der Waals surface area contributed by atoms with Crippen molar-refractivity contribution in [3.05, 3.63) is 29.9 Å². The molecule has 1 aromatic heterocycles. The number of nitriles is 1. The van der Waals surface area contributed by atoms with E-state index in [0.717, 1.165) is 5.69 Å². The lowest BCUT2D eigenvalue weighted by atomic mass is 10.4. The van der Waals surface area contributed by atoms with Gasteiger partial charge >= 0.3 is 0 Å². The maximum Gasteiger partial charge on any atom is 0.158 e. The molecule has 0 bridgehead atoms. The maximum absolute atomic E-state index is 8.39. The fourth-order valence-corrected chi connectivity index (χ4v) is 0.653. The highest BCUT2D eigenvalue weighted by Gasteiger charge is 1.90. The third-order valence-electron chi connectivity index (χ3n) is 1.12. The standard InChI is InChI=1S/C8H7N3/c1-2-3-7-5-11-8(4-9)6-10-7/h2-3,5-6H,1H3/b3-2+. The molecular formula is C8H7N3. The van der Waals surface area contributed by atoms with Crippen molar-refractivity contribution < 1.29 is 0 Å². The number of allylic oxidation sites excluding steroid dienone is 1. The van der Waals surface area contributed by atoms with Gasteiger partial charge in [0.2, 0.25) is 0 Å². The van der Waals surface area contributed by atoms with Crippen LogP contribution in [0.2, 0.25) is 0 Å². The molecule has 0 aromatic carbocycles. The van der Waals surface area contributed by atoms with E-state index in [-0.39, 0.29) is 0 Å². The van der Waals surface area contributed by atoms with Crippen molar-refractivity contribution >= 4 is 6.08 Å². The van der Waals surface area contributed by atoms with Gasteiger partial charge in [0.25, 0.3) is 0 Å². The van der Waals surface area contributed by atoms with Crippen molar-refractivity contribution in [1.82, 2.24) is 9.97 Å². The molecule has 0 spiro atoms. The molecule has 0 saturated carbocycles. The summed E-state index contributed by atoms with van der Waals surface area (Å²) in [6.45, 7) is 1.90. The summed E-state index contributed by atoms with van der Waals surface area (Å²) in [5.74, 6) is 0. The topological polar surface area (TPSA) is 49.6 Å². The van der Waals surface area contributed by atoms with Gasteiger partial charge in [0.05, 0.1) is 18.1 Å². The first-order valence-electron chi connectivity index (χ1n) is 3.21. The SMILES string of the molecule is C/C=C/c1cnc(C#N)cn1.